The quantitative estimate of drug-likeness (QED) is 0.562. The van der Waals surface area contributed by atoms with Gasteiger partial charge in [0.05, 0.1) is 19.8 Å². The molecule has 0 heterocycles. The molecule has 0 fully saturated rings. The second kappa shape index (κ2) is 8.40. The molecule has 0 atom stereocenters. The largest absolute Gasteiger partial charge is 0.315 e. The molecule has 0 bridgehead atoms. The van der Waals surface area contributed by atoms with Gasteiger partial charge in [0.1, 0.15) is 46.0 Å². The maximum absolute atomic E-state index is 4.87. The van der Waals surface area contributed by atoms with E-state index in [1.54, 1.807) is 0 Å². The summed E-state index contributed by atoms with van der Waals surface area (Å²) in [5, 5.41) is 0. The summed E-state index contributed by atoms with van der Waals surface area (Å²) in [4.78, 5) is 4.44. The Labute approximate surface area is 88.1 Å². The molecular formula is C4H9I2NO3. The van der Waals surface area contributed by atoms with Crippen molar-refractivity contribution in [2.24, 2.45) is 11.8 Å². The van der Waals surface area contributed by atoms with E-state index in [1.165, 1.54) is 0 Å². The first kappa shape index (κ1) is 11.3. The summed E-state index contributed by atoms with van der Waals surface area (Å²) in [7, 11) is 0. The highest BCUT2D eigenvalue weighted by Gasteiger charge is 2.07. The topological polar surface area (TPSA) is 53.7 Å². The van der Waals surface area contributed by atoms with Crippen LogP contribution in [0.3, 0.4) is 0 Å². The number of rotatable bonds is 6. The van der Waals surface area contributed by atoms with Crippen LogP contribution < -0.4 is 5.90 Å². The Hall–Kier alpha value is 1.30. The van der Waals surface area contributed by atoms with E-state index in [9.17, 15) is 0 Å². The Balaban J connectivity index is 3.30. The molecule has 0 amide bonds. The SMILES string of the molecule is NOCC(COI)COI. The third-order valence-corrected chi connectivity index (χ3v) is 1.65. The van der Waals surface area contributed by atoms with Gasteiger partial charge in [-0.25, -0.2) is 5.90 Å². The molecule has 0 spiro atoms. The van der Waals surface area contributed by atoms with Gasteiger partial charge in [0.15, 0.2) is 0 Å². The molecule has 2 N–H and O–H groups in total. The predicted molar refractivity (Wildman–Crippen MR) is 53.6 cm³/mol. The Morgan fingerprint density at radius 1 is 1.10 bits per heavy atom. The predicted octanol–water partition coefficient (Wildman–Crippen LogP) is 1.23. The minimum Gasteiger partial charge on any atom is -0.315 e. The molecule has 0 aromatic heterocycles. The third-order valence-electron chi connectivity index (χ3n) is 0.929. The minimum atomic E-state index is 0.221. The molecule has 0 aliphatic rings. The molecule has 0 saturated heterocycles. The van der Waals surface area contributed by atoms with Crippen LogP contribution in [-0.2, 0) is 11.0 Å². The van der Waals surface area contributed by atoms with Gasteiger partial charge in [-0.3, -0.25) is 0 Å². The molecule has 0 aromatic carbocycles. The van der Waals surface area contributed by atoms with E-state index in [1.807, 2.05) is 46.0 Å². The number of nitrogens with two attached hydrogens (primary N) is 1. The lowest BCUT2D eigenvalue weighted by Gasteiger charge is -2.10. The molecule has 10 heavy (non-hydrogen) atoms. The van der Waals surface area contributed by atoms with Crippen molar-refractivity contribution >= 4 is 46.0 Å². The van der Waals surface area contributed by atoms with E-state index >= 15 is 0 Å². The lowest BCUT2D eigenvalue weighted by molar-refractivity contribution is 0.0721. The van der Waals surface area contributed by atoms with Crippen LogP contribution in [0.2, 0.25) is 0 Å². The summed E-state index contributed by atoms with van der Waals surface area (Å²) in [6, 6.07) is 0. The molecule has 0 unspecified atom stereocenters. The minimum absolute atomic E-state index is 0.221. The van der Waals surface area contributed by atoms with Gasteiger partial charge in [-0.2, -0.15) is 0 Å². The first-order valence-corrected chi connectivity index (χ1v) is 4.40. The highest BCUT2D eigenvalue weighted by atomic mass is 127. The molecule has 0 radical (unpaired) electrons. The van der Waals surface area contributed by atoms with Crippen LogP contribution in [0.15, 0.2) is 0 Å². The monoisotopic (exact) mass is 373 g/mol. The zero-order valence-corrected chi connectivity index (χ0v) is 9.57. The smallest absolute Gasteiger partial charge is 0.109 e. The average molecular weight is 373 g/mol. The van der Waals surface area contributed by atoms with Gasteiger partial charge in [-0.15, -0.1) is 0 Å². The summed E-state index contributed by atoms with van der Waals surface area (Å²) >= 11 is 3.66. The van der Waals surface area contributed by atoms with Gasteiger partial charge in [0.2, 0.25) is 0 Å². The first-order valence-electron chi connectivity index (χ1n) is 2.64. The number of halogens is 2. The molecule has 0 saturated carbocycles. The average Bonchev–Trinajstić information content (AvgIpc) is 1.90. The molecule has 4 nitrogen and oxygen atoms in total. The van der Waals surface area contributed by atoms with Crippen LogP contribution in [0.4, 0.5) is 0 Å². The Kier molecular flexibility index (Phi) is 9.49. The van der Waals surface area contributed by atoms with Crippen molar-refractivity contribution in [3.63, 3.8) is 0 Å². The normalized spacial score (nSPS) is 10.8. The van der Waals surface area contributed by atoms with Crippen molar-refractivity contribution in [2.45, 2.75) is 0 Å². The molecule has 0 aliphatic carbocycles. The summed E-state index contributed by atoms with van der Waals surface area (Å²) < 4.78 is 9.72. The lowest BCUT2D eigenvalue weighted by atomic mass is 10.2. The zero-order chi connectivity index (χ0) is 7.82. The van der Waals surface area contributed by atoms with Crippen LogP contribution in [0.5, 0.6) is 0 Å². The molecule has 62 valence electrons. The van der Waals surface area contributed by atoms with Crippen molar-refractivity contribution in [1.82, 2.24) is 0 Å². The van der Waals surface area contributed by atoms with E-state index in [0.29, 0.717) is 19.8 Å². The van der Waals surface area contributed by atoms with Crippen molar-refractivity contribution in [2.75, 3.05) is 19.8 Å². The van der Waals surface area contributed by atoms with Crippen LogP contribution in [0, 0.1) is 5.92 Å². The highest BCUT2D eigenvalue weighted by Crippen LogP contribution is 2.03. The number of hydrogen-bond donors (Lipinski definition) is 1. The van der Waals surface area contributed by atoms with E-state index in [-0.39, 0.29) is 5.92 Å². The lowest BCUT2D eigenvalue weighted by Crippen LogP contribution is -2.20. The maximum Gasteiger partial charge on any atom is 0.109 e. The van der Waals surface area contributed by atoms with Crippen molar-refractivity contribution < 1.29 is 11.0 Å². The highest BCUT2D eigenvalue weighted by molar-refractivity contribution is 14.1. The maximum atomic E-state index is 4.87. The standard InChI is InChI=1S/C4H9I2NO3/c5-8-1-4(2-9-6)3-10-7/h4H,1-3,7H2. The fourth-order valence-corrected chi connectivity index (χ4v) is 1.48. The second-order valence-electron chi connectivity index (χ2n) is 1.75. The van der Waals surface area contributed by atoms with Crippen molar-refractivity contribution in [3.05, 3.63) is 0 Å². The van der Waals surface area contributed by atoms with Crippen molar-refractivity contribution in [3.8, 4) is 0 Å². The van der Waals surface area contributed by atoms with Crippen LogP contribution >= 0.6 is 46.0 Å². The summed E-state index contributed by atoms with van der Waals surface area (Å²) in [5.74, 6) is 5.10. The van der Waals surface area contributed by atoms with Crippen LogP contribution in [-0.4, -0.2) is 19.8 Å². The second-order valence-corrected chi connectivity index (χ2v) is 3.00. The third kappa shape index (κ3) is 6.04. The van der Waals surface area contributed by atoms with E-state index in [4.69, 9.17) is 12.0 Å². The molecule has 0 aliphatic heterocycles. The van der Waals surface area contributed by atoms with Gasteiger partial charge >= 0.3 is 0 Å². The molecular weight excluding hydrogens is 364 g/mol. The van der Waals surface area contributed by atoms with E-state index < -0.39 is 0 Å². The van der Waals surface area contributed by atoms with Gasteiger partial charge in [-0.05, 0) is 0 Å². The van der Waals surface area contributed by atoms with Crippen LogP contribution in [0.1, 0.15) is 0 Å². The Morgan fingerprint density at radius 2 is 1.60 bits per heavy atom. The molecule has 0 rings (SSSR count). The van der Waals surface area contributed by atoms with Crippen molar-refractivity contribution in [1.29, 1.82) is 0 Å². The summed E-state index contributed by atoms with van der Waals surface area (Å²) in [6.45, 7) is 1.66. The first-order chi connectivity index (χ1) is 4.85. The van der Waals surface area contributed by atoms with Gasteiger partial charge in [-0.1, -0.05) is 0 Å². The fourth-order valence-electron chi connectivity index (χ4n) is 0.459. The number of hydrogen-bond acceptors (Lipinski definition) is 4. The van der Waals surface area contributed by atoms with Gasteiger partial charge in [0.25, 0.3) is 0 Å². The summed E-state index contributed by atoms with van der Waals surface area (Å²) in [5.41, 5.74) is 0. The Bertz CT molecular complexity index is 61.3. The summed E-state index contributed by atoms with van der Waals surface area (Å²) in [6.07, 6.45) is 0. The fraction of sp³-hybridized carbons (Fsp3) is 1.00. The van der Waals surface area contributed by atoms with Gasteiger partial charge < -0.3 is 11.0 Å². The molecule has 6 heteroatoms. The van der Waals surface area contributed by atoms with Gasteiger partial charge in [0, 0.05) is 5.92 Å². The molecule has 0 aromatic rings. The van der Waals surface area contributed by atoms with E-state index in [2.05, 4.69) is 4.84 Å². The van der Waals surface area contributed by atoms with E-state index in [0.717, 1.165) is 0 Å². The zero-order valence-electron chi connectivity index (χ0n) is 5.26. The van der Waals surface area contributed by atoms with Crippen LogP contribution in [0.25, 0.3) is 0 Å². The Morgan fingerprint density at radius 3 is 1.90 bits per heavy atom.